The van der Waals surface area contributed by atoms with Gasteiger partial charge in [0, 0.05) is 214 Å². The molecule has 3 amide bonds. The Balaban J connectivity index is 0.000000136. The molecule has 0 aliphatic carbocycles. The number of carbonyl (C=O) groups is 3. The van der Waals surface area contributed by atoms with E-state index in [9.17, 15) is 41.9 Å². The number of rotatable bonds is 12. The van der Waals surface area contributed by atoms with Crippen molar-refractivity contribution in [2.75, 3.05) is 124 Å². The quantitative estimate of drug-likeness (QED) is 0.0638. The first-order chi connectivity index (χ1) is 58.6. The molecule has 21 nitrogen and oxygen atoms in total. The zero-order valence-electron chi connectivity index (χ0n) is 69.7. The van der Waals surface area contributed by atoms with E-state index in [1.54, 1.807) is 53.9 Å². The fraction of sp³-hybridized carbons (Fsp3) is 0.440. The van der Waals surface area contributed by atoms with Crippen molar-refractivity contribution in [1.82, 2.24) is 58.1 Å². The number of hydrogen-bond donors (Lipinski definition) is 0. The monoisotopic (exact) mass is 1740 g/mol. The number of carbonyl (C=O) groups excluding carboxylic acids is 3. The Morgan fingerprint density at radius 3 is 1.05 bits per heavy atom. The summed E-state index contributed by atoms with van der Waals surface area (Å²) in [6, 6.07) is 15.4. The Morgan fingerprint density at radius 1 is 0.402 bits per heavy atom. The van der Waals surface area contributed by atoms with E-state index < -0.39 is 34.9 Å². The van der Waals surface area contributed by atoms with E-state index in [4.69, 9.17) is 11.6 Å². The Kier molecular flexibility index (Phi) is 25.2. The molecular formula is C91H100ClF6N15O6S3. The summed E-state index contributed by atoms with van der Waals surface area (Å²) >= 11 is 11.1. The fourth-order valence-corrected chi connectivity index (χ4v) is 24.5. The van der Waals surface area contributed by atoms with Gasteiger partial charge in [0.2, 0.25) is 17.7 Å². The fourth-order valence-electron chi connectivity index (χ4n) is 20.0. The maximum Gasteiger partial charge on any atom is 0.350 e. The summed E-state index contributed by atoms with van der Waals surface area (Å²) in [7, 11) is 0. The molecule has 0 N–H and O–H groups in total. The SMILES string of the molecule is C=CC(=O)N1CCN(c2nc(=O)n3c4c(c(-c5ccc(F)cc5F)c(C)cc24)SCC(N2CCCC2)C3)CC1.C=CC(=O)N1[C@H](C)CN(c2nc(=O)n3c4c(c(-c5cc(Cl)c(F)cc5F)c(C)cc24)SCC(N2CCCC2)C3)C[C@@H]1C.C=CC(=O)N1[C@H](C)CN(c2nc(=O)n3c4c(c(-c5ccc(F)cc5F)c(C)cc24)SCC(N2CCCC2)C3)C[C@@H]1C. The number of aryl methyl sites for hydroxylation is 3. The summed E-state index contributed by atoms with van der Waals surface area (Å²) in [5.41, 5.74) is 6.50. The smallest absolute Gasteiger partial charge is 0.350 e. The highest BCUT2D eigenvalue weighted by molar-refractivity contribution is 8.00. The Hall–Kier alpha value is -9.43. The van der Waals surface area contributed by atoms with Crippen LogP contribution < -0.4 is 31.8 Å². The van der Waals surface area contributed by atoms with Crippen LogP contribution in [0.5, 0.6) is 0 Å². The highest BCUT2D eigenvalue weighted by Crippen LogP contribution is 2.50. The molecule has 3 unspecified atom stereocenters. The standard InChI is InChI=1S/C31H34ClF2N5O2S.C31H35F2N5O2S.C29H31F2N5O2S/c1-5-26(40)39-18(3)13-37(14-19(39)4)30-22-10-17(2)27(21-11-23(32)25(34)12-24(21)33)29-28(22)38(31(41)35-30)15-20(16-42-29)36-8-6-7-9-36;1-5-26(39)38-19(3)14-36(15-20(38)4)30-24-12-18(2)27(23-9-8-21(32)13-25(23)33)29-28(24)37(31(40)34-30)16-22(17-41-29)35-10-6-7-11-35;1-3-24(37)34-10-12-35(13-11-34)28-22-14-18(2)25(21-7-6-19(30)15-23(21)31)27-26(22)36(29(38)32-28)16-20(17-39-27)33-8-4-5-9-33/h5,10-12,18-20H,1,6-9,13-16H2,2-4H3;5,8-9,12-13,19-20,22H,1,6-7,10-11,14-17H2,2-4H3;3,6-7,14-15,20H,1,4-5,8-13,16-17H2,2H3/t18-,19+,20?;19-,20+,22?;. The van der Waals surface area contributed by atoms with Gasteiger partial charge in [-0.05, 0) is 210 Å². The topological polar surface area (TPSA) is 185 Å². The van der Waals surface area contributed by atoms with Gasteiger partial charge in [0.25, 0.3) is 0 Å². The van der Waals surface area contributed by atoms with Crippen LogP contribution in [0.1, 0.15) is 82.9 Å². The van der Waals surface area contributed by atoms with Crippen LogP contribution in [-0.2, 0) is 34.0 Å². The van der Waals surface area contributed by atoms with Crippen molar-refractivity contribution >= 4 is 115 Å². The molecule has 0 bridgehead atoms. The summed E-state index contributed by atoms with van der Waals surface area (Å²) in [5, 5.41) is 2.32. The largest absolute Gasteiger partial charge is 0.352 e. The minimum Gasteiger partial charge on any atom is -0.352 e. The number of hydrogen-bond acceptors (Lipinski definition) is 18. The molecule has 6 fully saturated rings. The molecule has 6 saturated heterocycles. The van der Waals surface area contributed by atoms with Gasteiger partial charge in [-0.2, -0.15) is 15.0 Å². The first-order valence-corrected chi connectivity index (χ1v) is 45.4. The van der Waals surface area contributed by atoms with Crippen LogP contribution in [0.3, 0.4) is 0 Å². The molecule has 12 heterocycles. The van der Waals surface area contributed by atoms with Gasteiger partial charge in [0.15, 0.2) is 0 Å². The normalized spacial score (nSPS) is 22.1. The molecule has 7 atom stereocenters. The van der Waals surface area contributed by atoms with E-state index in [0.29, 0.717) is 123 Å². The van der Waals surface area contributed by atoms with Crippen molar-refractivity contribution in [2.45, 2.75) is 164 Å². The number of nitrogens with zero attached hydrogens (tertiary/aromatic N) is 15. The molecule has 6 aromatic carbocycles. The van der Waals surface area contributed by atoms with E-state index in [2.05, 4.69) is 64.1 Å². The van der Waals surface area contributed by atoms with Crippen molar-refractivity contribution in [2.24, 2.45) is 0 Å². The highest BCUT2D eigenvalue weighted by Gasteiger charge is 2.41. The van der Waals surface area contributed by atoms with Gasteiger partial charge in [-0.25, -0.2) is 40.7 Å². The molecule has 9 aromatic rings. The van der Waals surface area contributed by atoms with Gasteiger partial charge < -0.3 is 29.4 Å². The van der Waals surface area contributed by atoms with Crippen LogP contribution in [0.4, 0.5) is 43.8 Å². The number of piperazine rings is 3. The molecule has 122 heavy (non-hydrogen) atoms. The highest BCUT2D eigenvalue weighted by atomic mass is 35.5. The second-order valence-corrected chi connectivity index (χ2v) is 37.1. The first kappa shape index (κ1) is 86.1. The van der Waals surface area contributed by atoms with E-state index in [1.807, 2.05) is 76.5 Å². The predicted octanol–water partition coefficient (Wildman–Crippen LogP) is 14.4. The van der Waals surface area contributed by atoms with E-state index in [0.717, 1.165) is 172 Å². The minimum absolute atomic E-state index is 0.109. The molecule has 642 valence electrons. The van der Waals surface area contributed by atoms with Crippen LogP contribution >= 0.6 is 46.9 Å². The lowest BCUT2D eigenvalue weighted by Crippen LogP contribution is -2.58. The second-order valence-electron chi connectivity index (χ2n) is 33.6. The summed E-state index contributed by atoms with van der Waals surface area (Å²) < 4.78 is 93.0. The van der Waals surface area contributed by atoms with Gasteiger partial charge in [-0.3, -0.25) is 42.8 Å². The average molecular weight is 1750 g/mol. The minimum atomic E-state index is -0.815. The van der Waals surface area contributed by atoms with Gasteiger partial charge in [0.05, 0.1) is 21.6 Å². The van der Waals surface area contributed by atoms with Crippen molar-refractivity contribution in [3.8, 4) is 33.4 Å². The molecule has 0 spiro atoms. The number of thioether (sulfide) groups is 3. The Morgan fingerprint density at radius 2 is 0.721 bits per heavy atom. The van der Waals surface area contributed by atoms with Crippen LogP contribution in [0.2, 0.25) is 5.02 Å². The third-order valence-corrected chi connectivity index (χ3v) is 29.6. The third kappa shape index (κ3) is 16.4. The van der Waals surface area contributed by atoms with Crippen LogP contribution in [-0.4, -0.2) is 227 Å². The Labute approximate surface area is 722 Å². The summed E-state index contributed by atoms with van der Waals surface area (Å²) in [6.45, 7) is 36.1. The molecule has 9 aliphatic rings. The van der Waals surface area contributed by atoms with Gasteiger partial charge in [0.1, 0.15) is 52.4 Å². The number of amides is 3. The van der Waals surface area contributed by atoms with Crippen LogP contribution in [0, 0.1) is 55.7 Å². The zero-order chi connectivity index (χ0) is 86.1. The Bertz CT molecular complexity index is 5890. The number of halogens is 7. The maximum absolute atomic E-state index is 15.4. The lowest BCUT2D eigenvalue weighted by atomic mass is 9.97. The van der Waals surface area contributed by atoms with Gasteiger partial charge in [-0.1, -0.05) is 31.3 Å². The molecule has 3 aromatic heterocycles. The van der Waals surface area contributed by atoms with Gasteiger partial charge in [-0.15, -0.1) is 35.3 Å². The second kappa shape index (κ2) is 35.7. The summed E-state index contributed by atoms with van der Waals surface area (Å²) in [4.78, 5) is 114. The molecular weight excluding hydrogens is 1640 g/mol. The first-order valence-electron chi connectivity index (χ1n) is 42.1. The number of anilines is 3. The van der Waals surface area contributed by atoms with Crippen molar-refractivity contribution in [1.29, 1.82) is 0 Å². The predicted molar refractivity (Wildman–Crippen MR) is 475 cm³/mol. The third-order valence-electron chi connectivity index (χ3n) is 25.6. The molecule has 31 heteroatoms. The van der Waals surface area contributed by atoms with E-state index in [-0.39, 0.29) is 87.7 Å². The van der Waals surface area contributed by atoms with Crippen molar-refractivity contribution in [3.63, 3.8) is 0 Å². The lowest BCUT2D eigenvalue weighted by Gasteiger charge is -2.44. The lowest BCUT2D eigenvalue weighted by molar-refractivity contribution is -0.131. The number of likely N-dealkylation sites (tertiary alicyclic amines) is 3. The number of benzene rings is 6. The van der Waals surface area contributed by atoms with E-state index >= 15 is 13.2 Å². The van der Waals surface area contributed by atoms with E-state index in [1.165, 1.54) is 48.6 Å². The van der Waals surface area contributed by atoms with Crippen LogP contribution in [0.15, 0.2) is 134 Å². The molecule has 18 rings (SSSR count). The summed E-state index contributed by atoms with van der Waals surface area (Å²) in [6.07, 6.45) is 10.8. The molecule has 0 saturated carbocycles. The maximum atomic E-state index is 15.4. The van der Waals surface area contributed by atoms with Crippen molar-refractivity contribution in [3.05, 3.63) is 193 Å². The van der Waals surface area contributed by atoms with Crippen LogP contribution in [0.25, 0.3) is 66.1 Å². The zero-order valence-corrected chi connectivity index (χ0v) is 72.9. The molecule has 0 radical (unpaired) electrons. The average Bonchev–Trinajstić information content (AvgIpc) is 1.30. The van der Waals surface area contributed by atoms with Gasteiger partial charge >= 0.3 is 17.1 Å². The molecule has 9 aliphatic heterocycles. The number of aromatic nitrogens is 6. The summed E-state index contributed by atoms with van der Waals surface area (Å²) in [5.74, 6) is -0.408. The van der Waals surface area contributed by atoms with Crippen molar-refractivity contribution < 1.29 is 40.7 Å².